The van der Waals surface area contributed by atoms with Gasteiger partial charge in [0.05, 0.1) is 27.7 Å². The van der Waals surface area contributed by atoms with Crippen LogP contribution in [0.25, 0.3) is 43.6 Å². The van der Waals surface area contributed by atoms with E-state index in [-0.39, 0.29) is 11.6 Å². The van der Waals surface area contributed by atoms with E-state index in [1.165, 1.54) is 29.2 Å². The second-order valence-corrected chi connectivity index (χ2v) is 25.4. The molecule has 0 aliphatic rings. The van der Waals surface area contributed by atoms with E-state index in [1.807, 2.05) is 172 Å². The highest BCUT2D eigenvalue weighted by Gasteiger charge is 2.20. The largest absolute Gasteiger partial charge is 0.365 e. The van der Waals surface area contributed by atoms with Crippen molar-refractivity contribution in [2.75, 3.05) is 0 Å². The third-order valence-corrected chi connectivity index (χ3v) is 18.5. The zero-order chi connectivity index (χ0) is 68.5. The zero-order valence-corrected chi connectivity index (χ0v) is 57.6. The first-order valence-electron chi connectivity index (χ1n) is 31.8. The maximum Gasteiger partial charge on any atom is 0.365 e. The summed E-state index contributed by atoms with van der Waals surface area (Å²) < 4.78 is 4.45. The smallest absolute Gasteiger partial charge is 0.341 e. The lowest BCUT2D eigenvalue weighted by atomic mass is 9.97. The van der Waals surface area contributed by atoms with Crippen molar-refractivity contribution >= 4 is 125 Å². The maximum atomic E-state index is 13.6. The van der Waals surface area contributed by atoms with Gasteiger partial charge in [-0.05, 0) is 184 Å². The quantitative estimate of drug-likeness (QED) is 0.0236. The van der Waals surface area contributed by atoms with Crippen molar-refractivity contribution in [3.8, 4) is 0 Å². The Morgan fingerprint density at radius 1 is 0.423 bits per heavy atom. The fraction of sp³-hybridized carbons (Fsp3) is 0.160. The fourth-order valence-electron chi connectivity index (χ4n) is 11.1. The monoisotopic (exact) mass is 1340 g/mol. The van der Waals surface area contributed by atoms with Gasteiger partial charge in [0.15, 0.2) is 11.6 Å². The minimum Gasteiger partial charge on any atom is -0.341 e. The number of hydrogen-bond donors (Lipinski definition) is 0. The minimum absolute atomic E-state index is 0.0150. The lowest BCUT2D eigenvalue weighted by molar-refractivity contribution is -0.141. The Bertz CT molecular complexity index is 4970. The Morgan fingerprint density at radius 2 is 0.866 bits per heavy atom. The van der Waals surface area contributed by atoms with Crippen molar-refractivity contribution in [2.45, 2.75) is 102 Å². The van der Waals surface area contributed by atoms with Gasteiger partial charge in [0.25, 0.3) is 0 Å². The molecule has 0 bridgehead atoms. The third-order valence-electron chi connectivity index (χ3n) is 16.2. The van der Waals surface area contributed by atoms with Gasteiger partial charge >= 0.3 is 17.9 Å². The maximum absolute atomic E-state index is 13.6. The number of fused-ring (bicyclic) bond motifs is 6. The average molecular weight is 1340 g/mol. The molecule has 0 saturated carbocycles. The first kappa shape index (κ1) is 69.4. The SMILES string of the molecule is CC/C(Cc1ccc(Sc2ccccc2)cc1)=N\OC(=O)c1ccccc1.CCn1c2ccc(C(=O)c3ccc(SCc4ccccc4)cc3Cl)cc2c2cc(/C(C)=N/OC(C)=O)ccc21.CCn1c2ccc(C(=O)c3ccccc3C)cc2c2cc(/C(C)=N/OC(C)=O)ccc21. The summed E-state index contributed by atoms with van der Waals surface area (Å²) in [5.74, 6) is -0.639. The predicted molar refractivity (Wildman–Crippen MR) is 394 cm³/mol. The Labute approximate surface area is 577 Å². The molecule has 0 aliphatic heterocycles. The van der Waals surface area contributed by atoms with E-state index in [0.717, 1.165) is 102 Å². The van der Waals surface area contributed by atoms with Gasteiger partial charge in [0.1, 0.15) is 0 Å². The number of aromatic nitrogens is 2. The van der Waals surface area contributed by atoms with Gasteiger partial charge in [-0.1, -0.05) is 161 Å². The highest BCUT2D eigenvalue weighted by Crippen LogP contribution is 2.36. The number of carbonyl (C=O) groups excluding carboxylic acids is 5. The molecule has 488 valence electrons. The van der Waals surface area contributed by atoms with Crippen molar-refractivity contribution in [2.24, 2.45) is 15.5 Å². The number of rotatable bonds is 20. The fourth-order valence-corrected chi connectivity index (χ4v) is 13.2. The Kier molecular flexibility index (Phi) is 23.5. The van der Waals surface area contributed by atoms with Crippen LogP contribution in [-0.2, 0) is 49.4 Å². The van der Waals surface area contributed by atoms with Gasteiger partial charge in [-0.15, -0.1) is 11.8 Å². The molecule has 0 fully saturated rings. The highest BCUT2D eigenvalue weighted by molar-refractivity contribution is 7.99. The van der Waals surface area contributed by atoms with E-state index in [1.54, 1.807) is 61.6 Å². The molecule has 97 heavy (non-hydrogen) atoms. The molecule has 0 N–H and O–H groups in total. The molecule has 0 saturated heterocycles. The van der Waals surface area contributed by atoms with Crippen molar-refractivity contribution in [3.05, 3.63) is 291 Å². The van der Waals surface area contributed by atoms with Crippen molar-refractivity contribution < 1.29 is 38.5 Å². The second kappa shape index (κ2) is 32.8. The number of carbonyl (C=O) groups is 5. The molecule has 12 aromatic rings. The van der Waals surface area contributed by atoms with Crippen molar-refractivity contribution in [3.63, 3.8) is 0 Å². The topological polar surface area (TPSA) is 160 Å². The molecular weight excluding hydrogens is 1270 g/mol. The summed E-state index contributed by atoms with van der Waals surface area (Å²) in [6.45, 7) is 16.0. The van der Waals surface area contributed by atoms with Crippen LogP contribution in [0.3, 0.4) is 0 Å². The number of halogens is 1. The van der Waals surface area contributed by atoms with E-state index in [9.17, 15) is 24.0 Å². The number of nitrogens with zero attached hydrogens (tertiary/aromatic N) is 5. The number of oxime groups is 3. The Morgan fingerprint density at radius 3 is 1.35 bits per heavy atom. The van der Waals surface area contributed by atoms with Gasteiger partial charge in [0.2, 0.25) is 0 Å². The summed E-state index contributed by atoms with van der Waals surface area (Å²) in [6.07, 6.45) is 1.39. The van der Waals surface area contributed by atoms with Crippen LogP contribution in [0.15, 0.2) is 261 Å². The first-order chi connectivity index (χ1) is 47.0. The first-order valence-corrected chi connectivity index (χ1v) is 34.0. The van der Waals surface area contributed by atoms with Crippen LogP contribution in [0.2, 0.25) is 5.02 Å². The molecule has 0 atom stereocenters. The summed E-state index contributed by atoms with van der Waals surface area (Å²) in [7, 11) is 0. The van der Waals surface area contributed by atoms with Crippen molar-refractivity contribution in [1.82, 2.24) is 9.13 Å². The van der Waals surface area contributed by atoms with E-state index in [4.69, 9.17) is 26.1 Å². The number of thioether (sulfide) groups is 1. The van der Waals surface area contributed by atoms with Crippen molar-refractivity contribution in [1.29, 1.82) is 0 Å². The van der Waals surface area contributed by atoms with Crippen LogP contribution in [0, 0.1) is 6.92 Å². The van der Waals surface area contributed by atoms with E-state index in [0.29, 0.717) is 50.7 Å². The summed E-state index contributed by atoms with van der Waals surface area (Å²) in [5.41, 5.74) is 14.2. The number of benzene rings is 10. The summed E-state index contributed by atoms with van der Waals surface area (Å²) in [4.78, 5) is 79.2. The lowest BCUT2D eigenvalue weighted by Gasteiger charge is -2.08. The number of ketones is 2. The van der Waals surface area contributed by atoms with Gasteiger partial charge in [-0.2, -0.15) is 0 Å². The van der Waals surface area contributed by atoms with Crippen LogP contribution >= 0.6 is 35.1 Å². The summed E-state index contributed by atoms with van der Waals surface area (Å²) >= 11 is 10.0. The molecule has 2 aromatic heterocycles. The Balaban J connectivity index is 0.000000161. The molecule has 12 rings (SSSR count). The lowest BCUT2D eigenvalue weighted by Crippen LogP contribution is -2.06. The zero-order valence-electron chi connectivity index (χ0n) is 55.2. The number of hydrogen-bond acceptors (Lipinski definition) is 13. The van der Waals surface area contributed by atoms with E-state index < -0.39 is 17.9 Å². The molecule has 0 amide bonds. The molecule has 0 aliphatic carbocycles. The van der Waals surface area contributed by atoms with Gasteiger partial charge in [-0.3, -0.25) is 9.59 Å². The summed E-state index contributed by atoms with van der Waals surface area (Å²) in [6, 6.07) is 74.8. The Hall–Kier alpha value is -10.5. The number of aryl methyl sites for hydroxylation is 3. The van der Waals surface area contributed by atoms with Gasteiger partial charge < -0.3 is 23.6 Å². The molecule has 10 aromatic carbocycles. The van der Waals surface area contributed by atoms with Crippen LogP contribution in [0.1, 0.15) is 125 Å². The normalized spacial score (nSPS) is 11.6. The molecule has 16 heteroatoms. The molecule has 0 unspecified atom stereocenters. The molecule has 0 spiro atoms. The van der Waals surface area contributed by atoms with Gasteiger partial charge in [-0.25, -0.2) is 14.4 Å². The average Bonchev–Trinajstić information content (AvgIpc) is 1.61. The van der Waals surface area contributed by atoms with E-state index >= 15 is 0 Å². The molecule has 13 nitrogen and oxygen atoms in total. The second-order valence-electron chi connectivity index (χ2n) is 22.8. The van der Waals surface area contributed by atoms with Crippen LogP contribution in [0.5, 0.6) is 0 Å². The highest BCUT2D eigenvalue weighted by atomic mass is 35.5. The molecule has 2 heterocycles. The summed E-state index contributed by atoms with van der Waals surface area (Å²) in [5, 5.41) is 16.3. The predicted octanol–water partition coefficient (Wildman–Crippen LogP) is 19.9. The van der Waals surface area contributed by atoms with E-state index in [2.05, 4.69) is 87.0 Å². The van der Waals surface area contributed by atoms with Crippen LogP contribution < -0.4 is 0 Å². The minimum atomic E-state index is -0.470. The standard InChI is InChI=1S/C32H27ClN2O3S.C26H24N2O3.C23H21NO2S/c1-4-35-30-14-10-23(20(2)34-38-21(3)36)16-27(30)28-17-24(11-15-31(28)35)32(37)26-13-12-25(18-29(26)33)39-19-22-8-6-5-7-9-22;1-5-28-24-12-10-19(17(3)27-31-18(4)29)14-22(24)23-15-20(11-13-25(23)28)26(30)21-9-7-6-8-16(21)2;1-2-20(24-26-23(25)19-9-5-3-6-10-19)17-18-13-15-22(16-14-18)27-21-11-7-4-8-12-21/h5-18H,4,19H2,1-3H3;6-15H,5H2,1-4H3;3-16H,2,17H2,1H3/b34-20+;27-17+;24-20+. The third kappa shape index (κ3) is 17.3. The van der Waals surface area contributed by atoms with Crippen LogP contribution in [-0.4, -0.2) is 55.7 Å². The van der Waals surface area contributed by atoms with Crippen LogP contribution in [0.4, 0.5) is 0 Å². The molecule has 0 radical (unpaired) electrons. The van der Waals surface area contributed by atoms with Gasteiger partial charge in [0, 0.05) is 120 Å². The molecular formula is C81H72ClN5O8S2.